The van der Waals surface area contributed by atoms with Crippen LogP contribution in [0.25, 0.3) is 0 Å². The van der Waals surface area contributed by atoms with Crippen LogP contribution in [0.15, 0.2) is 24.3 Å². The van der Waals surface area contributed by atoms with Gasteiger partial charge in [-0.15, -0.1) is 0 Å². The van der Waals surface area contributed by atoms with Gasteiger partial charge in [-0.05, 0) is 30.5 Å². The summed E-state index contributed by atoms with van der Waals surface area (Å²) in [5, 5.41) is 9.25. The number of benzene rings is 1. The number of halogens is 1. The highest BCUT2D eigenvalue weighted by atomic mass is 79.9. The van der Waals surface area contributed by atoms with Gasteiger partial charge in [0.2, 0.25) is 0 Å². The summed E-state index contributed by atoms with van der Waals surface area (Å²) in [5.41, 5.74) is 1.16. The molecule has 1 atom stereocenters. The van der Waals surface area contributed by atoms with E-state index in [0.29, 0.717) is 10.6 Å². The molecule has 78 valence electrons. The lowest BCUT2D eigenvalue weighted by atomic mass is 10.1. The summed E-state index contributed by atoms with van der Waals surface area (Å²) in [6, 6.07) is 7.37. The maximum atomic E-state index is 9.25. The average Bonchev–Trinajstić information content (AvgIpc) is 2.15. The number of hydrogen-bond donors (Lipinski definition) is 1. The maximum absolute atomic E-state index is 9.25. The van der Waals surface area contributed by atoms with Crippen LogP contribution in [0, 0.1) is 0 Å². The van der Waals surface area contributed by atoms with Gasteiger partial charge < -0.3 is 9.84 Å². The minimum atomic E-state index is 0.334. The topological polar surface area (TPSA) is 29.5 Å². The fraction of sp³-hybridized carbons (Fsp3) is 0.455. The number of ether oxygens (including phenoxy) is 1. The third-order valence-electron chi connectivity index (χ3n) is 2.00. The van der Waals surface area contributed by atoms with E-state index in [4.69, 9.17) is 4.74 Å². The molecule has 0 bridgehead atoms. The molecule has 1 unspecified atom stereocenters. The van der Waals surface area contributed by atoms with E-state index in [1.54, 1.807) is 19.2 Å². The molecule has 0 amide bonds. The van der Waals surface area contributed by atoms with Crippen LogP contribution >= 0.6 is 15.9 Å². The van der Waals surface area contributed by atoms with Crippen LogP contribution in [0.1, 0.15) is 12.0 Å². The van der Waals surface area contributed by atoms with Crippen molar-refractivity contribution in [2.24, 2.45) is 0 Å². The van der Waals surface area contributed by atoms with Crippen molar-refractivity contribution >= 4 is 15.9 Å². The first-order valence-electron chi connectivity index (χ1n) is 4.63. The Balaban J connectivity index is 2.37. The lowest BCUT2D eigenvalue weighted by Crippen LogP contribution is -2.07. The Labute approximate surface area is 93.0 Å². The fourth-order valence-corrected chi connectivity index (χ4v) is 1.79. The molecule has 0 saturated heterocycles. The second-order valence-corrected chi connectivity index (χ2v) is 4.56. The van der Waals surface area contributed by atoms with E-state index in [-0.39, 0.29) is 0 Å². The van der Waals surface area contributed by atoms with Gasteiger partial charge in [0.15, 0.2) is 0 Å². The number of hydrogen-bond acceptors (Lipinski definition) is 2. The van der Waals surface area contributed by atoms with Crippen LogP contribution < -0.4 is 0 Å². The van der Waals surface area contributed by atoms with E-state index in [1.807, 2.05) is 12.1 Å². The summed E-state index contributed by atoms with van der Waals surface area (Å²) in [4.78, 5) is 0.384. The monoisotopic (exact) mass is 258 g/mol. The van der Waals surface area contributed by atoms with Crippen LogP contribution in [-0.4, -0.2) is 23.7 Å². The Morgan fingerprint density at radius 3 is 2.93 bits per heavy atom. The Morgan fingerprint density at radius 1 is 1.50 bits per heavy atom. The highest BCUT2D eigenvalue weighted by Crippen LogP contribution is 2.15. The minimum absolute atomic E-state index is 0.334. The standard InChI is InChI=1S/C11H15BrO2/c1-14-8-10(12)6-5-9-3-2-4-11(13)7-9/h2-4,7,10,13H,5-6,8H2,1H3. The summed E-state index contributed by atoms with van der Waals surface area (Å²) in [5.74, 6) is 0.334. The number of phenolic OH excluding ortho intramolecular Hbond substituents is 1. The van der Waals surface area contributed by atoms with Gasteiger partial charge in [-0.1, -0.05) is 28.1 Å². The Hall–Kier alpha value is -0.540. The number of aryl methyl sites for hydroxylation is 1. The second-order valence-electron chi connectivity index (χ2n) is 3.26. The molecule has 0 radical (unpaired) electrons. The van der Waals surface area contributed by atoms with Crippen LogP contribution in [0.5, 0.6) is 5.75 Å². The number of rotatable bonds is 5. The van der Waals surface area contributed by atoms with E-state index in [0.717, 1.165) is 25.0 Å². The first kappa shape index (κ1) is 11.5. The summed E-state index contributed by atoms with van der Waals surface area (Å²) in [6.07, 6.45) is 1.96. The van der Waals surface area contributed by atoms with E-state index in [9.17, 15) is 5.11 Å². The third-order valence-corrected chi connectivity index (χ3v) is 2.73. The lowest BCUT2D eigenvalue weighted by Gasteiger charge is -2.08. The number of alkyl halides is 1. The Bertz CT molecular complexity index is 276. The zero-order valence-corrected chi connectivity index (χ0v) is 9.83. The number of methoxy groups -OCH3 is 1. The van der Waals surface area contributed by atoms with Gasteiger partial charge in [0, 0.05) is 11.9 Å². The van der Waals surface area contributed by atoms with Gasteiger partial charge in [-0.3, -0.25) is 0 Å². The van der Waals surface area contributed by atoms with E-state index in [1.165, 1.54) is 0 Å². The van der Waals surface area contributed by atoms with Crippen LogP contribution in [0.4, 0.5) is 0 Å². The van der Waals surface area contributed by atoms with Crippen molar-refractivity contribution in [1.29, 1.82) is 0 Å². The van der Waals surface area contributed by atoms with Crippen molar-refractivity contribution in [3.63, 3.8) is 0 Å². The normalized spacial score (nSPS) is 12.7. The molecular weight excluding hydrogens is 244 g/mol. The molecule has 1 aromatic carbocycles. The minimum Gasteiger partial charge on any atom is -0.508 e. The molecule has 0 saturated carbocycles. The molecule has 1 aromatic rings. The molecule has 0 aromatic heterocycles. The molecule has 0 aliphatic rings. The molecule has 0 spiro atoms. The number of aromatic hydroxyl groups is 1. The van der Waals surface area contributed by atoms with Gasteiger partial charge >= 0.3 is 0 Å². The first-order chi connectivity index (χ1) is 6.72. The molecule has 14 heavy (non-hydrogen) atoms. The zero-order chi connectivity index (χ0) is 10.4. The SMILES string of the molecule is COCC(Br)CCc1cccc(O)c1. The van der Waals surface area contributed by atoms with E-state index >= 15 is 0 Å². The van der Waals surface area contributed by atoms with Gasteiger partial charge in [0.25, 0.3) is 0 Å². The molecule has 1 rings (SSSR count). The highest BCUT2D eigenvalue weighted by molar-refractivity contribution is 9.09. The third kappa shape index (κ3) is 4.11. The molecule has 2 nitrogen and oxygen atoms in total. The summed E-state index contributed by atoms with van der Waals surface area (Å²) in [7, 11) is 1.70. The van der Waals surface area contributed by atoms with Crippen molar-refractivity contribution in [1.82, 2.24) is 0 Å². The molecule has 0 aliphatic heterocycles. The smallest absolute Gasteiger partial charge is 0.115 e. The Morgan fingerprint density at radius 2 is 2.29 bits per heavy atom. The molecule has 0 heterocycles. The van der Waals surface area contributed by atoms with E-state index < -0.39 is 0 Å². The maximum Gasteiger partial charge on any atom is 0.115 e. The van der Waals surface area contributed by atoms with Crippen LogP contribution in [0.3, 0.4) is 0 Å². The van der Waals surface area contributed by atoms with Gasteiger partial charge in [0.1, 0.15) is 5.75 Å². The largest absolute Gasteiger partial charge is 0.508 e. The fourth-order valence-electron chi connectivity index (χ4n) is 1.30. The van der Waals surface area contributed by atoms with Crippen molar-refractivity contribution in [2.75, 3.05) is 13.7 Å². The summed E-state index contributed by atoms with van der Waals surface area (Å²) >= 11 is 3.53. The first-order valence-corrected chi connectivity index (χ1v) is 5.55. The molecule has 0 fully saturated rings. The zero-order valence-electron chi connectivity index (χ0n) is 8.24. The van der Waals surface area contributed by atoms with Gasteiger partial charge in [-0.2, -0.15) is 0 Å². The molecular formula is C11H15BrO2. The van der Waals surface area contributed by atoms with Crippen molar-refractivity contribution in [3.8, 4) is 5.75 Å². The predicted molar refractivity (Wildman–Crippen MR) is 61.0 cm³/mol. The van der Waals surface area contributed by atoms with Crippen molar-refractivity contribution < 1.29 is 9.84 Å². The van der Waals surface area contributed by atoms with Gasteiger partial charge in [-0.25, -0.2) is 0 Å². The summed E-state index contributed by atoms with van der Waals surface area (Å²) in [6.45, 7) is 0.721. The van der Waals surface area contributed by atoms with Crippen LogP contribution in [0.2, 0.25) is 0 Å². The Kier molecular flexibility index (Phi) is 4.98. The molecule has 3 heteroatoms. The van der Waals surface area contributed by atoms with Crippen molar-refractivity contribution in [3.05, 3.63) is 29.8 Å². The predicted octanol–water partition coefficient (Wildman–Crippen LogP) is 2.73. The lowest BCUT2D eigenvalue weighted by molar-refractivity contribution is 0.198. The molecule has 0 aliphatic carbocycles. The van der Waals surface area contributed by atoms with Crippen LogP contribution in [-0.2, 0) is 11.2 Å². The number of phenols is 1. The molecule has 1 N–H and O–H groups in total. The average molecular weight is 259 g/mol. The highest BCUT2D eigenvalue weighted by Gasteiger charge is 2.03. The van der Waals surface area contributed by atoms with E-state index in [2.05, 4.69) is 15.9 Å². The summed E-state index contributed by atoms with van der Waals surface area (Å²) < 4.78 is 5.02. The quantitative estimate of drug-likeness (QED) is 0.824. The second kappa shape index (κ2) is 6.04. The van der Waals surface area contributed by atoms with Gasteiger partial charge in [0.05, 0.1) is 6.61 Å². The van der Waals surface area contributed by atoms with Crippen molar-refractivity contribution in [2.45, 2.75) is 17.7 Å².